The van der Waals surface area contributed by atoms with E-state index in [-0.39, 0.29) is 24.5 Å². The molecule has 1 aliphatic heterocycles. The first kappa shape index (κ1) is 25.2. The Labute approximate surface area is 221 Å². The van der Waals surface area contributed by atoms with E-state index >= 15 is 0 Å². The Kier molecular flexibility index (Phi) is 7.53. The number of nitrogens with zero attached hydrogens (tertiary/aromatic N) is 2. The monoisotopic (exact) mass is 599 g/mol. The number of ether oxygens (including phenoxy) is 2. The first-order chi connectivity index (χ1) is 17.2. The number of rotatable bonds is 8. The Morgan fingerprint density at radius 1 is 1.08 bits per heavy atom. The fourth-order valence-electron chi connectivity index (χ4n) is 3.64. The number of aryl methyl sites for hydroxylation is 1. The predicted octanol–water partition coefficient (Wildman–Crippen LogP) is 5.19. The second kappa shape index (κ2) is 10.8. The summed E-state index contributed by atoms with van der Waals surface area (Å²) in [5, 5.41) is 13.6. The lowest BCUT2D eigenvalue weighted by molar-refractivity contribution is -0.384. The molecule has 1 aliphatic rings. The highest BCUT2D eigenvalue weighted by Gasteiger charge is 2.33. The summed E-state index contributed by atoms with van der Waals surface area (Å²) in [6.07, 6.45) is 1.59. The van der Waals surface area contributed by atoms with Crippen LogP contribution in [0.3, 0.4) is 0 Å². The molecule has 4 rings (SSSR count). The molecule has 0 unspecified atom stereocenters. The molecule has 36 heavy (non-hydrogen) atoms. The van der Waals surface area contributed by atoms with Crippen LogP contribution in [0.5, 0.6) is 11.5 Å². The first-order valence-corrected chi connectivity index (χ1v) is 12.0. The third kappa shape index (κ3) is 5.65. The van der Waals surface area contributed by atoms with Crippen molar-refractivity contribution in [2.75, 3.05) is 7.11 Å². The second-order valence-electron chi connectivity index (χ2n) is 8.11. The Hall–Kier alpha value is -3.93. The zero-order valence-corrected chi connectivity index (χ0v) is 21.6. The third-order valence-electron chi connectivity index (χ3n) is 5.49. The fraction of sp³-hybridized carbons (Fsp3) is 0.154. The van der Waals surface area contributed by atoms with E-state index in [2.05, 4.69) is 27.9 Å². The number of hydrogen-bond acceptors (Lipinski definition) is 6. The average molecular weight is 599 g/mol. The second-order valence-corrected chi connectivity index (χ2v) is 9.28. The number of nitro groups is 1. The van der Waals surface area contributed by atoms with E-state index in [0.29, 0.717) is 26.2 Å². The van der Waals surface area contributed by atoms with Gasteiger partial charge in [-0.15, -0.1) is 0 Å². The molecule has 0 spiro atoms. The van der Waals surface area contributed by atoms with E-state index in [1.807, 2.05) is 31.2 Å². The van der Waals surface area contributed by atoms with Gasteiger partial charge in [0.25, 0.3) is 11.6 Å². The number of carbonyl (C=O) groups excluding carboxylic acids is 2. The lowest BCUT2D eigenvalue weighted by Crippen LogP contribution is -2.30. The molecule has 0 aromatic heterocycles. The maximum Gasteiger partial charge on any atom is 0.329 e. The van der Waals surface area contributed by atoms with Gasteiger partial charge in [-0.2, -0.15) is 0 Å². The summed E-state index contributed by atoms with van der Waals surface area (Å²) in [7, 11) is 1.49. The normalized spacial score (nSPS) is 14.2. The standard InChI is InChI=1S/C26H22IN3O6/c1-16-6-8-17(9-7-16)14-29-25(31)22(28-26(29)32)12-19-11-21(27)24(23(13-19)35-2)36-15-18-4-3-5-20(10-18)30(33)34/h3-13H,14-15H2,1-2H3,(H,28,32)/b22-12+. The zero-order chi connectivity index (χ0) is 25.8. The zero-order valence-electron chi connectivity index (χ0n) is 19.5. The summed E-state index contributed by atoms with van der Waals surface area (Å²) in [5.41, 5.74) is 3.38. The van der Waals surface area contributed by atoms with Crippen molar-refractivity contribution in [2.24, 2.45) is 0 Å². The SMILES string of the molecule is COc1cc(/C=C2/NC(=O)N(Cc3ccc(C)cc3)C2=O)cc(I)c1OCc1cccc([N+](=O)[O-])c1. The Morgan fingerprint density at radius 3 is 2.53 bits per heavy atom. The minimum absolute atomic E-state index is 0.0144. The minimum Gasteiger partial charge on any atom is -0.493 e. The van der Waals surface area contributed by atoms with Crippen molar-refractivity contribution in [1.29, 1.82) is 0 Å². The molecule has 3 aromatic rings. The van der Waals surface area contributed by atoms with Crippen LogP contribution in [0.2, 0.25) is 0 Å². The van der Waals surface area contributed by atoms with Crippen molar-refractivity contribution in [1.82, 2.24) is 10.2 Å². The average Bonchev–Trinajstić information content (AvgIpc) is 3.11. The van der Waals surface area contributed by atoms with E-state index in [1.165, 1.54) is 19.2 Å². The van der Waals surface area contributed by atoms with E-state index in [4.69, 9.17) is 9.47 Å². The van der Waals surface area contributed by atoms with Crippen LogP contribution in [0.15, 0.2) is 66.4 Å². The van der Waals surface area contributed by atoms with Gasteiger partial charge in [0, 0.05) is 12.1 Å². The third-order valence-corrected chi connectivity index (χ3v) is 6.29. The van der Waals surface area contributed by atoms with Gasteiger partial charge >= 0.3 is 6.03 Å². The lowest BCUT2D eigenvalue weighted by Gasteiger charge is -2.14. The van der Waals surface area contributed by atoms with Crippen LogP contribution in [0.4, 0.5) is 10.5 Å². The van der Waals surface area contributed by atoms with Crippen LogP contribution in [0.1, 0.15) is 22.3 Å². The molecule has 1 fully saturated rings. The molecule has 0 atom stereocenters. The lowest BCUT2D eigenvalue weighted by atomic mass is 10.1. The number of urea groups is 1. The Balaban J connectivity index is 1.52. The van der Waals surface area contributed by atoms with Gasteiger partial charge < -0.3 is 14.8 Å². The summed E-state index contributed by atoms with van der Waals surface area (Å²) in [4.78, 5) is 37.1. The predicted molar refractivity (Wildman–Crippen MR) is 141 cm³/mol. The topological polar surface area (TPSA) is 111 Å². The van der Waals surface area contributed by atoms with Crippen LogP contribution in [0.25, 0.3) is 6.08 Å². The quantitative estimate of drug-likeness (QED) is 0.126. The van der Waals surface area contributed by atoms with E-state index in [0.717, 1.165) is 16.0 Å². The Morgan fingerprint density at radius 2 is 1.83 bits per heavy atom. The van der Waals surface area contributed by atoms with Crippen molar-refractivity contribution < 1.29 is 24.0 Å². The van der Waals surface area contributed by atoms with E-state index < -0.39 is 16.9 Å². The summed E-state index contributed by atoms with van der Waals surface area (Å²) in [6.45, 7) is 2.25. The molecule has 9 nitrogen and oxygen atoms in total. The number of carbonyl (C=O) groups is 2. The summed E-state index contributed by atoms with van der Waals surface area (Å²) >= 11 is 2.09. The molecule has 0 saturated carbocycles. The molecule has 3 aromatic carbocycles. The van der Waals surface area contributed by atoms with Crippen LogP contribution >= 0.6 is 22.6 Å². The molecule has 184 valence electrons. The molecule has 0 aliphatic carbocycles. The molecule has 3 amide bonds. The number of amides is 3. The van der Waals surface area contributed by atoms with Gasteiger partial charge in [0.05, 0.1) is 22.1 Å². The smallest absolute Gasteiger partial charge is 0.329 e. The number of nitrogens with one attached hydrogen (secondary N) is 1. The highest BCUT2D eigenvalue weighted by Crippen LogP contribution is 2.35. The first-order valence-electron chi connectivity index (χ1n) is 10.9. The number of methoxy groups -OCH3 is 1. The largest absolute Gasteiger partial charge is 0.493 e. The van der Waals surface area contributed by atoms with Gasteiger partial charge in [0.1, 0.15) is 12.3 Å². The number of nitro benzene ring substituents is 1. The van der Waals surface area contributed by atoms with Crippen molar-refractivity contribution in [3.63, 3.8) is 0 Å². The number of hydrogen-bond donors (Lipinski definition) is 1. The van der Waals surface area contributed by atoms with E-state index in [1.54, 1.807) is 30.3 Å². The van der Waals surface area contributed by atoms with Gasteiger partial charge in [-0.1, -0.05) is 42.0 Å². The number of halogens is 1. The maximum atomic E-state index is 12.9. The summed E-state index contributed by atoms with van der Waals surface area (Å²) in [5.74, 6) is 0.475. The fourth-order valence-corrected chi connectivity index (χ4v) is 4.42. The number of benzene rings is 3. The summed E-state index contributed by atoms with van der Waals surface area (Å²) < 4.78 is 12.1. The number of imide groups is 1. The molecular weight excluding hydrogens is 577 g/mol. The molecule has 1 heterocycles. The maximum absolute atomic E-state index is 12.9. The molecule has 0 radical (unpaired) electrons. The van der Waals surface area contributed by atoms with Gasteiger partial charge in [-0.3, -0.25) is 19.8 Å². The number of non-ortho nitro benzene ring substituents is 1. The van der Waals surface area contributed by atoms with E-state index in [9.17, 15) is 19.7 Å². The van der Waals surface area contributed by atoms with Crippen molar-refractivity contribution >= 4 is 46.3 Å². The van der Waals surface area contributed by atoms with Gasteiger partial charge in [-0.25, -0.2) is 4.79 Å². The Bertz CT molecular complexity index is 1370. The van der Waals surface area contributed by atoms with Crippen molar-refractivity contribution in [3.8, 4) is 11.5 Å². The highest BCUT2D eigenvalue weighted by molar-refractivity contribution is 14.1. The van der Waals surface area contributed by atoms with Crippen LogP contribution in [-0.2, 0) is 17.9 Å². The van der Waals surface area contributed by atoms with Crippen LogP contribution in [0, 0.1) is 20.6 Å². The summed E-state index contributed by atoms with van der Waals surface area (Å²) in [6, 6.07) is 16.9. The van der Waals surface area contributed by atoms with Gasteiger partial charge in [0.2, 0.25) is 0 Å². The molecule has 1 N–H and O–H groups in total. The molecule has 1 saturated heterocycles. The van der Waals surface area contributed by atoms with Crippen molar-refractivity contribution in [2.45, 2.75) is 20.1 Å². The van der Waals surface area contributed by atoms with Crippen LogP contribution in [-0.4, -0.2) is 28.9 Å². The minimum atomic E-state index is -0.481. The molecule has 10 heteroatoms. The molecular formula is C26H22IN3O6. The van der Waals surface area contributed by atoms with Gasteiger partial charge in [0.15, 0.2) is 11.5 Å². The van der Waals surface area contributed by atoms with Crippen molar-refractivity contribution in [3.05, 3.63) is 102 Å². The van der Waals surface area contributed by atoms with Gasteiger partial charge in [-0.05, 0) is 64.4 Å². The highest BCUT2D eigenvalue weighted by atomic mass is 127. The molecule has 0 bridgehead atoms. The van der Waals surface area contributed by atoms with Crippen LogP contribution < -0.4 is 14.8 Å².